The van der Waals surface area contributed by atoms with Gasteiger partial charge in [-0.3, -0.25) is 0 Å². The van der Waals surface area contributed by atoms with Crippen LogP contribution in [0.25, 0.3) is 0 Å². The lowest BCUT2D eigenvalue weighted by molar-refractivity contribution is -0.0328. The van der Waals surface area contributed by atoms with Crippen LogP contribution in [0.2, 0.25) is 10.0 Å². The number of hydrogen-bond acceptors (Lipinski definition) is 4. The zero-order valence-electron chi connectivity index (χ0n) is 18.5. The molecule has 3 rings (SSSR count). The molecule has 0 aliphatic heterocycles. The molecular weight excluding hydrogens is 506 g/mol. The van der Waals surface area contributed by atoms with E-state index in [1.54, 1.807) is 48.5 Å². The summed E-state index contributed by atoms with van der Waals surface area (Å²) in [7, 11) is 0. The molecule has 0 bridgehead atoms. The maximum atomic E-state index is 12.8. The summed E-state index contributed by atoms with van der Waals surface area (Å²) in [5, 5.41) is 11.2. The number of alkyl halides is 3. The first-order chi connectivity index (χ1) is 16.0. The molecule has 0 saturated carbocycles. The van der Waals surface area contributed by atoms with E-state index in [4.69, 9.17) is 27.9 Å². The van der Waals surface area contributed by atoms with E-state index in [0.717, 1.165) is 5.69 Å². The fourth-order valence-corrected chi connectivity index (χ4v) is 4.15. The molecule has 1 atom stereocenters. The topological polar surface area (TPSA) is 32.7 Å². The van der Waals surface area contributed by atoms with Gasteiger partial charge >= 0.3 is 5.51 Å². The minimum Gasteiger partial charge on any atom is -0.456 e. The van der Waals surface area contributed by atoms with E-state index in [0.29, 0.717) is 33.7 Å². The smallest absolute Gasteiger partial charge is 0.446 e. The van der Waals surface area contributed by atoms with Crippen molar-refractivity contribution in [2.24, 2.45) is 5.92 Å². The molecular formula is C25H24Cl2F3NO2S. The quantitative estimate of drug-likeness (QED) is 0.282. The summed E-state index contributed by atoms with van der Waals surface area (Å²) < 4.78 is 44.4. The van der Waals surface area contributed by atoms with Crippen LogP contribution in [0, 0.1) is 5.92 Å². The molecule has 0 aromatic heterocycles. The van der Waals surface area contributed by atoms with Crippen LogP contribution in [0.4, 0.5) is 18.9 Å². The molecule has 1 unspecified atom stereocenters. The molecule has 0 aliphatic carbocycles. The minimum atomic E-state index is -4.36. The largest absolute Gasteiger partial charge is 0.456 e. The first-order valence-corrected chi connectivity index (χ1v) is 12.1. The summed E-state index contributed by atoms with van der Waals surface area (Å²) >= 11 is 12.2. The van der Waals surface area contributed by atoms with Crippen LogP contribution in [0.3, 0.4) is 0 Å². The monoisotopic (exact) mass is 529 g/mol. The Bertz CT molecular complexity index is 1110. The lowest BCUT2D eigenvalue weighted by atomic mass is 10.1. The number of hydrogen-bond donors (Lipinski definition) is 1. The fraction of sp³-hybridized carbons (Fsp3) is 0.280. The summed E-state index contributed by atoms with van der Waals surface area (Å²) in [6.07, 6.45) is -0.639. The molecule has 1 N–H and O–H groups in total. The van der Waals surface area contributed by atoms with Crippen molar-refractivity contribution in [3.8, 4) is 11.5 Å². The molecule has 0 spiro atoms. The Kier molecular flexibility index (Phi) is 9.04. The van der Waals surface area contributed by atoms with Gasteiger partial charge in [-0.05, 0) is 59.6 Å². The average molecular weight is 530 g/mol. The number of aliphatic hydroxyl groups excluding tert-OH is 1. The second kappa shape index (κ2) is 11.6. The standard InChI is InChI=1S/C25H24Cl2F3NO2S/c1-16(2)22(32)15-31(14-17-6-3-9-20(12-17)34-25(28,29)30)18-7-4-8-19(13-18)33-23-11-5-10-21(26)24(23)27/h3-13,16,22,32H,14-15H2,1-2H3. The molecule has 0 heterocycles. The highest BCUT2D eigenvalue weighted by molar-refractivity contribution is 8.00. The minimum absolute atomic E-state index is 0.000630. The Morgan fingerprint density at radius 1 is 1.00 bits per heavy atom. The van der Waals surface area contributed by atoms with Gasteiger partial charge < -0.3 is 14.7 Å². The van der Waals surface area contributed by atoms with Crippen molar-refractivity contribution >= 4 is 40.7 Å². The van der Waals surface area contributed by atoms with Crippen LogP contribution in [-0.4, -0.2) is 23.3 Å². The van der Waals surface area contributed by atoms with Crippen molar-refractivity contribution < 1.29 is 23.0 Å². The van der Waals surface area contributed by atoms with E-state index in [-0.39, 0.29) is 29.1 Å². The van der Waals surface area contributed by atoms with Gasteiger partial charge in [0.25, 0.3) is 0 Å². The Hall–Kier alpha value is -2.06. The van der Waals surface area contributed by atoms with Crippen LogP contribution in [0.1, 0.15) is 19.4 Å². The van der Waals surface area contributed by atoms with E-state index < -0.39 is 11.6 Å². The summed E-state index contributed by atoms with van der Waals surface area (Å²) in [6, 6.07) is 18.6. The van der Waals surface area contributed by atoms with E-state index in [9.17, 15) is 18.3 Å². The van der Waals surface area contributed by atoms with Gasteiger partial charge in [-0.2, -0.15) is 13.2 Å². The van der Waals surface area contributed by atoms with Crippen molar-refractivity contribution in [1.82, 2.24) is 0 Å². The first-order valence-electron chi connectivity index (χ1n) is 10.5. The van der Waals surface area contributed by atoms with Gasteiger partial charge in [0.05, 0.1) is 11.1 Å². The van der Waals surface area contributed by atoms with Crippen LogP contribution < -0.4 is 9.64 Å². The lowest BCUT2D eigenvalue weighted by Crippen LogP contribution is -2.34. The lowest BCUT2D eigenvalue weighted by Gasteiger charge is -2.29. The number of halogens is 5. The number of benzene rings is 3. The zero-order valence-corrected chi connectivity index (χ0v) is 20.8. The number of anilines is 1. The van der Waals surface area contributed by atoms with Crippen molar-refractivity contribution in [2.45, 2.75) is 36.9 Å². The summed E-state index contributed by atoms with van der Waals surface area (Å²) in [5.74, 6) is 0.906. The number of rotatable bonds is 9. The van der Waals surface area contributed by atoms with Crippen LogP contribution in [0.5, 0.6) is 11.5 Å². The molecule has 0 amide bonds. The van der Waals surface area contributed by atoms with Crippen LogP contribution >= 0.6 is 35.0 Å². The van der Waals surface area contributed by atoms with E-state index >= 15 is 0 Å². The summed E-state index contributed by atoms with van der Waals surface area (Å²) in [6.45, 7) is 4.40. The van der Waals surface area contributed by atoms with Gasteiger partial charge in [0.1, 0.15) is 16.5 Å². The van der Waals surface area contributed by atoms with Gasteiger partial charge in [0.2, 0.25) is 0 Å². The molecule has 9 heteroatoms. The second-order valence-electron chi connectivity index (χ2n) is 8.04. The number of aliphatic hydroxyl groups is 1. The highest BCUT2D eigenvalue weighted by Crippen LogP contribution is 2.38. The van der Waals surface area contributed by atoms with Gasteiger partial charge in [-0.15, -0.1) is 0 Å². The Morgan fingerprint density at radius 2 is 1.71 bits per heavy atom. The van der Waals surface area contributed by atoms with Gasteiger partial charge in [0.15, 0.2) is 0 Å². The maximum absolute atomic E-state index is 12.8. The molecule has 3 nitrogen and oxygen atoms in total. The number of thioether (sulfide) groups is 1. The fourth-order valence-electron chi connectivity index (χ4n) is 3.19. The molecule has 182 valence electrons. The highest BCUT2D eigenvalue weighted by Gasteiger charge is 2.29. The SMILES string of the molecule is CC(C)C(O)CN(Cc1cccc(SC(F)(F)F)c1)c1cccc(Oc2cccc(Cl)c2Cl)c1. The highest BCUT2D eigenvalue weighted by atomic mass is 35.5. The van der Waals surface area contributed by atoms with Gasteiger partial charge in [-0.25, -0.2) is 0 Å². The summed E-state index contributed by atoms with van der Waals surface area (Å²) in [4.78, 5) is 2.02. The van der Waals surface area contributed by atoms with E-state index in [2.05, 4.69) is 0 Å². The van der Waals surface area contributed by atoms with Crippen molar-refractivity contribution in [3.63, 3.8) is 0 Å². The van der Waals surface area contributed by atoms with Gasteiger partial charge in [0, 0.05) is 29.7 Å². The molecule has 34 heavy (non-hydrogen) atoms. The zero-order chi connectivity index (χ0) is 24.9. The van der Waals surface area contributed by atoms with E-state index in [1.165, 1.54) is 12.1 Å². The second-order valence-corrected chi connectivity index (χ2v) is 9.96. The van der Waals surface area contributed by atoms with Crippen molar-refractivity contribution in [1.29, 1.82) is 0 Å². The Balaban J connectivity index is 1.88. The van der Waals surface area contributed by atoms with E-state index in [1.807, 2.05) is 24.8 Å². The molecule has 3 aromatic rings. The number of ether oxygens (including phenoxy) is 1. The Morgan fingerprint density at radius 3 is 2.41 bits per heavy atom. The average Bonchev–Trinajstić information content (AvgIpc) is 2.75. The Labute approximate surface area is 211 Å². The third-order valence-electron chi connectivity index (χ3n) is 5.01. The predicted octanol–water partition coefficient (Wildman–Crippen LogP) is 8.42. The van der Waals surface area contributed by atoms with Gasteiger partial charge in [-0.1, -0.05) is 61.3 Å². The third kappa shape index (κ3) is 7.73. The molecule has 3 aromatic carbocycles. The molecule has 0 saturated heterocycles. The normalized spacial score (nSPS) is 12.6. The van der Waals surface area contributed by atoms with Crippen molar-refractivity contribution in [3.05, 3.63) is 82.3 Å². The predicted molar refractivity (Wildman–Crippen MR) is 133 cm³/mol. The van der Waals surface area contributed by atoms with Crippen molar-refractivity contribution in [2.75, 3.05) is 11.4 Å². The maximum Gasteiger partial charge on any atom is 0.446 e. The molecule has 0 fully saturated rings. The third-order valence-corrected chi connectivity index (χ3v) is 6.53. The molecule has 0 aliphatic rings. The summed E-state index contributed by atoms with van der Waals surface area (Å²) in [5.41, 5.74) is -2.93. The number of nitrogens with zero attached hydrogens (tertiary/aromatic N) is 1. The van der Waals surface area contributed by atoms with Crippen LogP contribution in [-0.2, 0) is 6.54 Å². The molecule has 0 radical (unpaired) electrons. The van der Waals surface area contributed by atoms with Crippen LogP contribution in [0.15, 0.2) is 71.6 Å². The first kappa shape index (κ1) is 26.5.